The second-order valence-electron chi connectivity index (χ2n) is 11.3. The van der Waals surface area contributed by atoms with Crippen LogP contribution < -0.4 is 0 Å². The third-order valence-corrected chi connectivity index (χ3v) is 8.83. The van der Waals surface area contributed by atoms with E-state index in [-0.39, 0.29) is 0 Å². The maximum absolute atomic E-state index is 6.18. The lowest BCUT2D eigenvalue weighted by Gasteiger charge is -2.17. The molecule has 0 aliphatic carbocycles. The number of nitrogens with zero attached hydrogens (tertiary/aromatic N) is 1. The van der Waals surface area contributed by atoms with Crippen molar-refractivity contribution in [1.82, 2.24) is 4.57 Å². The molecule has 7 aromatic carbocycles. The van der Waals surface area contributed by atoms with Gasteiger partial charge in [-0.15, -0.1) is 0 Å². The first-order chi connectivity index (χ1) is 21.8. The highest BCUT2D eigenvalue weighted by Gasteiger charge is 2.17. The summed E-state index contributed by atoms with van der Waals surface area (Å²) in [6, 6.07) is 58.6. The molecule has 0 radical (unpaired) electrons. The number of hydrogen-bond donors (Lipinski definition) is 0. The number of benzene rings is 7. The van der Waals surface area contributed by atoms with Crippen LogP contribution in [0.15, 0.2) is 168 Å². The fourth-order valence-corrected chi connectivity index (χ4v) is 6.83. The fourth-order valence-electron chi connectivity index (χ4n) is 6.83. The van der Waals surface area contributed by atoms with Gasteiger partial charge in [-0.05, 0) is 75.8 Å². The summed E-state index contributed by atoms with van der Waals surface area (Å²) in [5, 5.41) is 4.81. The van der Waals surface area contributed by atoms with E-state index in [4.69, 9.17) is 4.42 Å². The molecule has 0 N–H and O–H groups in total. The fraction of sp³-hybridized carbons (Fsp3) is 0. The highest BCUT2D eigenvalue weighted by Crippen LogP contribution is 2.42. The smallest absolute Gasteiger partial charge is 0.135 e. The standard InChI is InChI=1S/C42H27NO/c1-2-11-28(12-3-1)32-16-10-17-33(42(32)30-23-26-41-37(27-30)36-15-6-9-20-40(36)44-41)29-21-24-31(25-22-29)43-38-18-7-4-13-34(38)35-14-5-8-19-39(35)43/h1-27H. The number of hydrogen-bond acceptors (Lipinski definition) is 1. The summed E-state index contributed by atoms with van der Waals surface area (Å²) in [6.45, 7) is 0. The van der Waals surface area contributed by atoms with E-state index in [1.165, 1.54) is 55.2 Å². The molecule has 0 atom stereocenters. The van der Waals surface area contributed by atoms with Crippen LogP contribution >= 0.6 is 0 Å². The molecule has 206 valence electrons. The second-order valence-corrected chi connectivity index (χ2v) is 11.3. The van der Waals surface area contributed by atoms with Gasteiger partial charge in [0.25, 0.3) is 0 Å². The Bertz CT molecular complexity index is 2430. The molecule has 0 fully saturated rings. The Labute approximate surface area is 255 Å². The monoisotopic (exact) mass is 561 g/mol. The number of fused-ring (bicyclic) bond motifs is 6. The minimum Gasteiger partial charge on any atom is -0.456 e. The molecule has 0 saturated heterocycles. The molecule has 2 nitrogen and oxygen atoms in total. The summed E-state index contributed by atoms with van der Waals surface area (Å²) < 4.78 is 8.55. The van der Waals surface area contributed by atoms with Crippen LogP contribution in [0.2, 0.25) is 0 Å². The molecule has 44 heavy (non-hydrogen) atoms. The van der Waals surface area contributed by atoms with E-state index in [0.29, 0.717) is 0 Å². The van der Waals surface area contributed by atoms with E-state index < -0.39 is 0 Å². The van der Waals surface area contributed by atoms with Crippen LogP contribution in [0.1, 0.15) is 0 Å². The predicted molar refractivity (Wildman–Crippen MR) is 184 cm³/mol. The zero-order valence-corrected chi connectivity index (χ0v) is 23.9. The number of rotatable bonds is 4. The highest BCUT2D eigenvalue weighted by atomic mass is 16.3. The summed E-state index contributed by atoms with van der Waals surface area (Å²) in [4.78, 5) is 0. The molecule has 0 bridgehead atoms. The zero-order chi connectivity index (χ0) is 29.0. The maximum Gasteiger partial charge on any atom is 0.135 e. The van der Waals surface area contributed by atoms with Gasteiger partial charge in [0.05, 0.1) is 11.0 Å². The molecule has 9 rings (SSSR count). The Kier molecular flexibility index (Phi) is 5.54. The van der Waals surface area contributed by atoms with Gasteiger partial charge in [-0.2, -0.15) is 0 Å². The van der Waals surface area contributed by atoms with E-state index in [1.807, 2.05) is 12.1 Å². The molecule has 9 aromatic rings. The Morgan fingerprint density at radius 3 is 1.61 bits per heavy atom. The van der Waals surface area contributed by atoms with E-state index in [9.17, 15) is 0 Å². The Hall–Kier alpha value is -5.86. The molecule has 0 aliphatic heterocycles. The lowest BCUT2D eigenvalue weighted by molar-refractivity contribution is 0.669. The second kappa shape index (κ2) is 9.86. The average Bonchev–Trinajstić information content (AvgIpc) is 3.64. The van der Waals surface area contributed by atoms with Gasteiger partial charge < -0.3 is 8.98 Å². The highest BCUT2D eigenvalue weighted by molar-refractivity contribution is 6.10. The summed E-state index contributed by atoms with van der Waals surface area (Å²) >= 11 is 0. The third-order valence-electron chi connectivity index (χ3n) is 8.83. The van der Waals surface area contributed by atoms with Gasteiger partial charge in [0, 0.05) is 27.2 Å². The molecular formula is C42H27NO. The molecule has 0 saturated carbocycles. The molecular weight excluding hydrogens is 534 g/mol. The minimum atomic E-state index is 0.907. The Balaban J connectivity index is 1.25. The third kappa shape index (κ3) is 3.82. The molecule has 0 amide bonds. The van der Waals surface area contributed by atoms with Crippen LogP contribution in [0.5, 0.6) is 0 Å². The van der Waals surface area contributed by atoms with Crippen molar-refractivity contribution in [2.24, 2.45) is 0 Å². The Morgan fingerprint density at radius 1 is 0.364 bits per heavy atom. The normalized spacial score (nSPS) is 11.6. The van der Waals surface area contributed by atoms with Crippen molar-refractivity contribution in [3.63, 3.8) is 0 Å². The van der Waals surface area contributed by atoms with E-state index in [2.05, 4.69) is 156 Å². The number of aromatic nitrogens is 1. The van der Waals surface area contributed by atoms with Gasteiger partial charge in [0.1, 0.15) is 11.2 Å². The van der Waals surface area contributed by atoms with Gasteiger partial charge in [0.15, 0.2) is 0 Å². The predicted octanol–water partition coefficient (Wildman–Crippen LogP) is 11.7. The summed E-state index contributed by atoms with van der Waals surface area (Å²) in [5.41, 5.74) is 12.6. The average molecular weight is 562 g/mol. The topological polar surface area (TPSA) is 18.1 Å². The summed E-state index contributed by atoms with van der Waals surface area (Å²) in [7, 11) is 0. The lowest BCUT2D eigenvalue weighted by atomic mass is 9.87. The quantitative estimate of drug-likeness (QED) is 0.209. The van der Waals surface area contributed by atoms with Gasteiger partial charge in [0.2, 0.25) is 0 Å². The maximum atomic E-state index is 6.18. The van der Waals surface area contributed by atoms with Crippen molar-refractivity contribution in [3.8, 4) is 39.1 Å². The van der Waals surface area contributed by atoms with Crippen molar-refractivity contribution >= 4 is 43.7 Å². The first-order valence-electron chi connectivity index (χ1n) is 15.0. The van der Waals surface area contributed by atoms with Gasteiger partial charge in [-0.1, -0.05) is 121 Å². The first kappa shape index (κ1) is 24.7. The van der Waals surface area contributed by atoms with Crippen molar-refractivity contribution in [3.05, 3.63) is 164 Å². The largest absolute Gasteiger partial charge is 0.456 e. The molecule has 0 aliphatic rings. The van der Waals surface area contributed by atoms with Crippen LogP contribution in [-0.4, -0.2) is 4.57 Å². The summed E-state index contributed by atoms with van der Waals surface area (Å²) in [5.74, 6) is 0. The van der Waals surface area contributed by atoms with Crippen molar-refractivity contribution in [1.29, 1.82) is 0 Å². The zero-order valence-electron chi connectivity index (χ0n) is 23.9. The van der Waals surface area contributed by atoms with E-state index >= 15 is 0 Å². The Morgan fingerprint density at radius 2 is 0.909 bits per heavy atom. The van der Waals surface area contributed by atoms with E-state index in [1.54, 1.807) is 0 Å². The van der Waals surface area contributed by atoms with Crippen molar-refractivity contribution < 1.29 is 4.42 Å². The van der Waals surface area contributed by atoms with Crippen LogP contribution in [-0.2, 0) is 0 Å². The SMILES string of the molecule is c1ccc(-c2cccc(-c3ccc(-n4c5ccccc5c5ccccc54)cc3)c2-c2ccc3oc4ccccc4c3c2)cc1. The molecule has 0 unspecified atom stereocenters. The molecule has 2 heteroatoms. The number of furan rings is 1. The molecule has 2 heterocycles. The minimum absolute atomic E-state index is 0.907. The van der Waals surface area contributed by atoms with Crippen LogP contribution in [0.4, 0.5) is 0 Å². The van der Waals surface area contributed by atoms with Crippen LogP contribution in [0, 0.1) is 0 Å². The van der Waals surface area contributed by atoms with Gasteiger partial charge in [-0.25, -0.2) is 0 Å². The molecule has 0 spiro atoms. The van der Waals surface area contributed by atoms with Crippen LogP contribution in [0.3, 0.4) is 0 Å². The van der Waals surface area contributed by atoms with Crippen molar-refractivity contribution in [2.75, 3.05) is 0 Å². The van der Waals surface area contributed by atoms with Crippen molar-refractivity contribution in [2.45, 2.75) is 0 Å². The molecule has 2 aromatic heterocycles. The first-order valence-corrected chi connectivity index (χ1v) is 15.0. The number of para-hydroxylation sites is 3. The van der Waals surface area contributed by atoms with Gasteiger partial charge >= 0.3 is 0 Å². The summed E-state index contributed by atoms with van der Waals surface area (Å²) in [6.07, 6.45) is 0. The van der Waals surface area contributed by atoms with E-state index in [0.717, 1.165) is 27.6 Å². The van der Waals surface area contributed by atoms with Gasteiger partial charge in [-0.3, -0.25) is 0 Å². The lowest BCUT2D eigenvalue weighted by Crippen LogP contribution is -1.94. The van der Waals surface area contributed by atoms with Crippen LogP contribution in [0.25, 0.3) is 82.8 Å².